The lowest BCUT2D eigenvalue weighted by atomic mass is 10.1. The number of Topliss-reactive ketones (excluding diaryl/α,β-unsaturated/α-hetero) is 1. The standard InChI is InChI=1S/C11H12N2OS/c1-15-5-4-11(14)8-2-3-9-10(6-8)13-7-12-9/h2-3,6-7H,4-5H2,1H3,(H,12,13). The van der Waals surface area contributed by atoms with Crippen molar-refractivity contribution in [2.45, 2.75) is 6.42 Å². The summed E-state index contributed by atoms with van der Waals surface area (Å²) in [5.41, 5.74) is 2.59. The molecule has 4 heteroatoms. The minimum Gasteiger partial charge on any atom is -0.345 e. The van der Waals surface area contributed by atoms with Crippen molar-refractivity contribution in [1.82, 2.24) is 9.97 Å². The number of nitrogens with zero attached hydrogens (tertiary/aromatic N) is 1. The number of hydrogen-bond donors (Lipinski definition) is 1. The number of aromatic nitrogens is 2. The zero-order valence-electron chi connectivity index (χ0n) is 8.49. The molecule has 0 aliphatic rings. The highest BCUT2D eigenvalue weighted by molar-refractivity contribution is 7.98. The van der Waals surface area contributed by atoms with Gasteiger partial charge in [0.2, 0.25) is 0 Å². The fourth-order valence-corrected chi connectivity index (χ4v) is 1.84. The highest BCUT2D eigenvalue weighted by atomic mass is 32.2. The van der Waals surface area contributed by atoms with Crippen LogP contribution in [0.15, 0.2) is 24.5 Å². The van der Waals surface area contributed by atoms with Gasteiger partial charge in [0, 0.05) is 17.7 Å². The van der Waals surface area contributed by atoms with Crippen LogP contribution in [0.3, 0.4) is 0 Å². The first-order valence-electron chi connectivity index (χ1n) is 4.76. The van der Waals surface area contributed by atoms with E-state index in [-0.39, 0.29) is 5.78 Å². The maximum atomic E-state index is 11.7. The number of imidazole rings is 1. The van der Waals surface area contributed by atoms with Gasteiger partial charge in [0.05, 0.1) is 17.4 Å². The Hall–Kier alpha value is -1.29. The van der Waals surface area contributed by atoms with Crippen LogP contribution in [-0.2, 0) is 0 Å². The van der Waals surface area contributed by atoms with Gasteiger partial charge in [0.1, 0.15) is 0 Å². The number of benzene rings is 1. The quantitative estimate of drug-likeness (QED) is 0.805. The summed E-state index contributed by atoms with van der Waals surface area (Å²) in [7, 11) is 0. The monoisotopic (exact) mass is 220 g/mol. The van der Waals surface area contributed by atoms with E-state index < -0.39 is 0 Å². The van der Waals surface area contributed by atoms with E-state index in [1.807, 2.05) is 24.5 Å². The third-order valence-corrected chi connectivity index (χ3v) is 2.89. The lowest BCUT2D eigenvalue weighted by molar-refractivity contribution is 0.0989. The van der Waals surface area contributed by atoms with E-state index in [9.17, 15) is 4.79 Å². The summed E-state index contributed by atoms with van der Waals surface area (Å²) in [5.74, 6) is 1.07. The second-order valence-corrected chi connectivity index (χ2v) is 4.29. The maximum Gasteiger partial charge on any atom is 0.163 e. The van der Waals surface area contributed by atoms with Gasteiger partial charge >= 0.3 is 0 Å². The average Bonchev–Trinajstić information content (AvgIpc) is 2.72. The Labute approximate surface area is 92.3 Å². The van der Waals surface area contributed by atoms with Crippen LogP contribution in [-0.4, -0.2) is 27.8 Å². The number of aromatic amines is 1. The van der Waals surface area contributed by atoms with E-state index in [0.717, 1.165) is 22.3 Å². The van der Waals surface area contributed by atoms with Crippen LogP contribution in [0.25, 0.3) is 11.0 Å². The molecule has 2 aromatic rings. The smallest absolute Gasteiger partial charge is 0.163 e. The zero-order valence-corrected chi connectivity index (χ0v) is 9.30. The van der Waals surface area contributed by atoms with Crippen molar-refractivity contribution in [1.29, 1.82) is 0 Å². The molecule has 0 atom stereocenters. The molecule has 0 saturated heterocycles. The number of thioether (sulfide) groups is 1. The molecule has 1 aromatic heterocycles. The van der Waals surface area contributed by atoms with Crippen LogP contribution in [0, 0.1) is 0 Å². The van der Waals surface area contributed by atoms with Crippen molar-refractivity contribution in [3.05, 3.63) is 30.1 Å². The Morgan fingerprint density at radius 2 is 2.40 bits per heavy atom. The number of rotatable bonds is 4. The largest absolute Gasteiger partial charge is 0.345 e. The van der Waals surface area contributed by atoms with E-state index in [4.69, 9.17) is 0 Å². The summed E-state index contributed by atoms with van der Waals surface area (Å²) in [6.07, 6.45) is 4.24. The van der Waals surface area contributed by atoms with E-state index in [1.54, 1.807) is 18.1 Å². The molecule has 3 nitrogen and oxygen atoms in total. The number of fused-ring (bicyclic) bond motifs is 1. The lowest BCUT2D eigenvalue weighted by Gasteiger charge is -1.99. The number of hydrogen-bond acceptors (Lipinski definition) is 3. The molecular weight excluding hydrogens is 208 g/mol. The summed E-state index contributed by atoms with van der Waals surface area (Å²) in [4.78, 5) is 18.8. The van der Waals surface area contributed by atoms with Crippen molar-refractivity contribution < 1.29 is 4.79 Å². The van der Waals surface area contributed by atoms with Gasteiger partial charge in [-0.2, -0.15) is 11.8 Å². The zero-order chi connectivity index (χ0) is 10.7. The first-order valence-corrected chi connectivity index (χ1v) is 6.16. The molecule has 15 heavy (non-hydrogen) atoms. The van der Waals surface area contributed by atoms with Gasteiger partial charge < -0.3 is 4.98 Å². The Balaban J connectivity index is 2.23. The average molecular weight is 220 g/mol. The van der Waals surface area contributed by atoms with Crippen molar-refractivity contribution in [2.75, 3.05) is 12.0 Å². The molecule has 0 fully saturated rings. The molecule has 0 saturated carbocycles. The summed E-state index contributed by atoms with van der Waals surface area (Å²) < 4.78 is 0. The molecule has 1 N–H and O–H groups in total. The molecule has 2 rings (SSSR count). The second kappa shape index (κ2) is 4.49. The molecule has 0 amide bonds. The SMILES string of the molecule is CSCCC(=O)c1ccc2nc[nH]c2c1. The van der Waals surface area contributed by atoms with Gasteiger partial charge in [-0.05, 0) is 24.5 Å². The van der Waals surface area contributed by atoms with Crippen LogP contribution >= 0.6 is 11.8 Å². The Morgan fingerprint density at radius 1 is 1.53 bits per heavy atom. The molecule has 0 radical (unpaired) electrons. The summed E-state index contributed by atoms with van der Waals surface area (Å²) in [5, 5.41) is 0. The van der Waals surface area contributed by atoms with Crippen molar-refractivity contribution in [3.63, 3.8) is 0 Å². The predicted octanol–water partition coefficient (Wildman–Crippen LogP) is 2.50. The molecule has 0 aliphatic heterocycles. The molecule has 78 valence electrons. The normalized spacial score (nSPS) is 10.7. The van der Waals surface area contributed by atoms with Gasteiger partial charge in [-0.15, -0.1) is 0 Å². The molecule has 1 aromatic carbocycles. The predicted molar refractivity (Wildman–Crippen MR) is 63.4 cm³/mol. The first-order chi connectivity index (χ1) is 7.31. The van der Waals surface area contributed by atoms with Crippen molar-refractivity contribution >= 4 is 28.6 Å². The number of carbonyl (C=O) groups is 1. The van der Waals surface area contributed by atoms with Crippen LogP contribution in [0.1, 0.15) is 16.8 Å². The van der Waals surface area contributed by atoms with Crippen molar-refractivity contribution in [3.8, 4) is 0 Å². The van der Waals surface area contributed by atoms with Crippen LogP contribution < -0.4 is 0 Å². The van der Waals surface area contributed by atoms with Crippen LogP contribution in [0.4, 0.5) is 0 Å². The van der Waals surface area contributed by atoms with E-state index in [0.29, 0.717) is 6.42 Å². The number of ketones is 1. The summed E-state index contributed by atoms with van der Waals surface area (Å²) >= 11 is 1.69. The van der Waals surface area contributed by atoms with Gasteiger partial charge in [-0.3, -0.25) is 4.79 Å². The van der Waals surface area contributed by atoms with Crippen LogP contribution in [0.2, 0.25) is 0 Å². The van der Waals surface area contributed by atoms with E-state index in [1.165, 1.54) is 0 Å². The molecule has 0 spiro atoms. The molecule has 0 unspecified atom stereocenters. The van der Waals surface area contributed by atoms with E-state index in [2.05, 4.69) is 9.97 Å². The number of nitrogens with one attached hydrogen (secondary N) is 1. The second-order valence-electron chi connectivity index (χ2n) is 3.30. The molecule has 1 heterocycles. The molecular formula is C11H12N2OS. The number of carbonyl (C=O) groups excluding carboxylic acids is 1. The van der Waals surface area contributed by atoms with Crippen LogP contribution in [0.5, 0.6) is 0 Å². The third kappa shape index (κ3) is 2.21. The highest BCUT2D eigenvalue weighted by Crippen LogP contribution is 2.13. The Morgan fingerprint density at radius 3 is 3.20 bits per heavy atom. The highest BCUT2D eigenvalue weighted by Gasteiger charge is 2.06. The Kier molecular flexibility index (Phi) is 3.06. The fraction of sp³-hybridized carbons (Fsp3) is 0.273. The first kappa shape index (κ1) is 10.2. The molecule has 0 aliphatic carbocycles. The number of H-pyrrole nitrogens is 1. The summed E-state index contributed by atoms with van der Waals surface area (Å²) in [6.45, 7) is 0. The minimum absolute atomic E-state index is 0.195. The third-order valence-electron chi connectivity index (χ3n) is 2.28. The van der Waals surface area contributed by atoms with Gasteiger partial charge in [-0.1, -0.05) is 0 Å². The maximum absolute atomic E-state index is 11.7. The van der Waals surface area contributed by atoms with Gasteiger partial charge in [-0.25, -0.2) is 4.98 Å². The molecule has 0 bridgehead atoms. The Bertz CT molecular complexity index is 478. The van der Waals surface area contributed by atoms with E-state index >= 15 is 0 Å². The fourth-order valence-electron chi connectivity index (χ4n) is 1.45. The van der Waals surface area contributed by atoms with Gasteiger partial charge in [0.15, 0.2) is 5.78 Å². The topological polar surface area (TPSA) is 45.8 Å². The summed E-state index contributed by atoms with van der Waals surface area (Å²) in [6, 6.07) is 5.58. The van der Waals surface area contributed by atoms with Crippen molar-refractivity contribution in [2.24, 2.45) is 0 Å². The van der Waals surface area contributed by atoms with Gasteiger partial charge in [0.25, 0.3) is 0 Å². The lowest BCUT2D eigenvalue weighted by Crippen LogP contribution is -2.00. The minimum atomic E-state index is 0.195.